The van der Waals surface area contributed by atoms with Crippen LogP contribution in [0.4, 0.5) is 0 Å². The minimum atomic E-state index is -0.559. The molecule has 0 saturated carbocycles. The summed E-state index contributed by atoms with van der Waals surface area (Å²) >= 11 is 0. The molecule has 132 valence electrons. The van der Waals surface area contributed by atoms with Crippen molar-refractivity contribution in [3.05, 3.63) is 70.8 Å². The highest BCUT2D eigenvalue weighted by Crippen LogP contribution is 2.22. The molecule has 0 heterocycles. The van der Waals surface area contributed by atoms with Crippen LogP contribution in [-0.2, 0) is 11.2 Å². The van der Waals surface area contributed by atoms with E-state index in [4.69, 9.17) is 5.21 Å². The number of hydrogen-bond acceptors (Lipinski definition) is 3. The van der Waals surface area contributed by atoms with Gasteiger partial charge in [0.05, 0.1) is 12.5 Å². The SMILES string of the molecule is Cc1cccc(CC(=O)NC(c2ccc(C(=O)NO)cc2)C(C)C)c1. The highest BCUT2D eigenvalue weighted by atomic mass is 16.5. The second kappa shape index (κ2) is 8.44. The van der Waals surface area contributed by atoms with Crippen LogP contribution < -0.4 is 10.8 Å². The van der Waals surface area contributed by atoms with E-state index in [1.54, 1.807) is 29.7 Å². The van der Waals surface area contributed by atoms with Gasteiger partial charge in [-0.2, -0.15) is 0 Å². The molecule has 1 unspecified atom stereocenters. The lowest BCUT2D eigenvalue weighted by Crippen LogP contribution is -2.33. The molecule has 0 bridgehead atoms. The molecule has 0 spiro atoms. The summed E-state index contributed by atoms with van der Waals surface area (Å²) < 4.78 is 0. The molecule has 5 nitrogen and oxygen atoms in total. The Labute approximate surface area is 148 Å². The van der Waals surface area contributed by atoms with Crippen LogP contribution in [0.2, 0.25) is 0 Å². The third-order valence-electron chi connectivity index (χ3n) is 4.06. The number of carbonyl (C=O) groups excluding carboxylic acids is 2. The zero-order valence-electron chi connectivity index (χ0n) is 14.7. The normalized spacial score (nSPS) is 11.9. The van der Waals surface area contributed by atoms with E-state index >= 15 is 0 Å². The van der Waals surface area contributed by atoms with Crippen LogP contribution in [0.3, 0.4) is 0 Å². The summed E-state index contributed by atoms with van der Waals surface area (Å²) in [4.78, 5) is 23.8. The first-order valence-electron chi connectivity index (χ1n) is 8.30. The van der Waals surface area contributed by atoms with Gasteiger partial charge >= 0.3 is 0 Å². The van der Waals surface area contributed by atoms with Crippen LogP contribution in [0.5, 0.6) is 0 Å². The molecule has 0 saturated heterocycles. The number of carbonyl (C=O) groups is 2. The maximum atomic E-state index is 12.4. The standard InChI is InChI=1S/C20H24N2O3/c1-13(2)19(16-7-9-17(10-8-16)20(24)22-25)21-18(23)12-15-6-4-5-14(3)11-15/h4-11,13,19,25H,12H2,1-3H3,(H,21,23)(H,22,24). The molecule has 5 heteroatoms. The van der Waals surface area contributed by atoms with Crippen LogP contribution in [0.15, 0.2) is 48.5 Å². The summed E-state index contributed by atoms with van der Waals surface area (Å²) in [5.41, 5.74) is 5.00. The summed E-state index contributed by atoms with van der Waals surface area (Å²) in [5.74, 6) is -0.406. The van der Waals surface area contributed by atoms with Crippen molar-refractivity contribution in [3.8, 4) is 0 Å². The maximum absolute atomic E-state index is 12.4. The Kier molecular flexibility index (Phi) is 6.31. The molecule has 2 aromatic rings. The number of rotatable bonds is 6. The van der Waals surface area contributed by atoms with E-state index in [9.17, 15) is 9.59 Å². The number of hydrogen-bond donors (Lipinski definition) is 3. The second-order valence-corrected chi connectivity index (χ2v) is 6.52. The topological polar surface area (TPSA) is 78.4 Å². The minimum Gasteiger partial charge on any atom is -0.349 e. The van der Waals surface area contributed by atoms with Gasteiger partial charge in [0.2, 0.25) is 5.91 Å². The van der Waals surface area contributed by atoms with Gasteiger partial charge in [0.15, 0.2) is 0 Å². The van der Waals surface area contributed by atoms with Gasteiger partial charge in [-0.15, -0.1) is 0 Å². The predicted octanol–water partition coefficient (Wildman–Crippen LogP) is 3.17. The van der Waals surface area contributed by atoms with Gasteiger partial charge in [0.25, 0.3) is 5.91 Å². The summed E-state index contributed by atoms with van der Waals surface area (Å²) in [6.45, 7) is 6.07. The number of aryl methyl sites for hydroxylation is 1. The van der Waals surface area contributed by atoms with Gasteiger partial charge in [0, 0.05) is 5.56 Å². The lowest BCUT2D eigenvalue weighted by Gasteiger charge is -2.23. The number of nitrogens with one attached hydrogen (secondary N) is 2. The van der Waals surface area contributed by atoms with Crippen molar-refractivity contribution in [2.75, 3.05) is 0 Å². The van der Waals surface area contributed by atoms with Crippen LogP contribution >= 0.6 is 0 Å². The fourth-order valence-corrected chi connectivity index (χ4v) is 2.77. The maximum Gasteiger partial charge on any atom is 0.274 e. The average molecular weight is 340 g/mol. The van der Waals surface area contributed by atoms with Crippen LogP contribution in [0.25, 0.3) is 0 Å². The Balaban J connectivity index is 2.10. The minimum absolute atomic E-state index is 0.0403. The first kappa shape index (κ1) is 18.7. The Bertz CT molecular complexity index is 739. The average Bonchev–Trinajstić information content (AvgIpc) is 2.59. The van der Waals surface area contributed by atoms with Gasteiger partial charge in [0.1, 0.15) is 0 Å². The van der Waals surface area contributed by atoms with Crippen molar-refractivity contribution >= 4 is 11.8 Å². The first-order valence-corrected chi connectivity index (χ1v) is 8.30. The third-order valence-corrected chi connectivity index (χ3v) is 4.06. The van der Waals surface area contributed by atoms with Gasteiger partial charge in [-0.05, 0) is 36.1 Å². The van der Waals surface area contributed by atoms with E-state index in [1.165, 1.54) is 0 Å². The lowest BCUT2D eigenvalue weighted by molar-refractivity contribution is -0.121. The van der Waals surface area contributed by atoms with Gasteiger partial charge in [-0.1, -0.05) is 55.8 Å². The Morgan fingerprint density at radius 1 is 1.08 bits per heavy atom. The second-order valence-electron chi connectivity index (χ2n) is 6.52. The molecule has 0 aliphatic heterocycles. The van der Waals surface area contributed by atoms with Gasteiger partial charge < -0.3 is 5.32 Å². The van der Waals surface area contributed by atoms with E-state index in [1.807, 2.05) is 45.0 Å². The van der Waals surface area contributed by atoms with Crippen molar-refractivity contribution in [2.24, 2.45) is 5.92 Å². The molecule has 1 atom stereocenters. The largest absolute Gasteiger partial charge is 0.349 e. The molecule has 2 amide bonds. The van der Waals surface area contributed by atoms with E-state index in [0.717, 1.165) is 16.7 Å². The van der Waals surface area contributed by atoms with Crippen molar-refractivity contribution in [2.45, 2.75) is 33.2 Å². The molecule has 0 aromatic heterocycles. The number of amides is 2. The Hall–Kier alpha value is -2.66. The van der Waals surface area contributed by atoms with Crippen molar-refractivity contribution in [3.63, 3.8) is 0 Å². The van der Waals surface area contributed by atoms with Gasteiger partial charge in [-0.3, -0.25) is 14.8 Å². The summed E-state index contributed by atoms with van der Waals surface area (Å²) in [7, 11) is 0. The van der Waals surface area contributed by atoms with E-state index in [2.05, 4.69) is 5.32 Å². The van der Waals surface area contributed by atoms with E-state index in [-0.39, 0.29) is 17.9 Å². The molecule has 0 aliphatic rings. The molecule has 0 radical (unpaired) electrons. The van der Waals surface area contributed by atoms with Crippen LogP contribution in [0, 0.1) is 12.8 Å². The molecule has 3 N–H and O–H groups in total. The molecule has 0 aliphatic carbocycles. The Morgan fingerprint density at radius 2 is 1.76 bits per heavy atom. The molecule has 0 fully saturated rings. The Morgan fingerprint density at radius 3 is 2.32 bits per heavy atom. The van der Waals surface area contributed by atoms with Crippen LogP contribution in [-0.4, -0.2) is 17.0 Å². The first-order chi connectivity index (χ1) is 11.9. The quantitative estimate of drug-likeness (QED) is 0.558. The summed E-state index contributed by atoms with van der Waals surface area (Å²) in [5, 5.41) is 11.8. The smallest absolute Gasteiger partial charge is 0.274 e. The molecule has 2 rings (SSSR count). The van der Waals surface area contributed by atoms with E-state index < -0.39 is 5.91 Å². The van der Waals surface area contributed by atoms with Crippen molar-refractivity contribution < 1.29 is 14.8 Å². The molecule has 2 aromatic carbocycles. The fourth-order valence-electron chi connectivity index (χ4n) is 2.77. The lowest BCUT2D eigenvalue weighted by atomic mass is 9.94. The monoisotopic (exact) mass is 340 g/mol. The number of hydroxylamine groups is 1. The van der Waals surface area contributed by atoms with E-state index in [0.29, 0.717) is 12.0 Å². The highest BCUT2D eigenvalue weighted by Gasteiger charge is 2.19. The summed E-state index contributed by atoms with van der Waals surface area (Å²) in [6.07, 6.45) is 0.329. The third kappa shape index (κ3) is 5.16. The van der Waals surface area contributed by atoms with Crippen LogP contribution in [0.1, 0.15) is 46.9 Å². The molecule has 25 heavy (non-hydrogen) atoms. The predicted molar refractivity (Wildman–Crippen MR) is 96.3 cm³/mol. The molecular formula is C20H24N2O3. The number of benzene rings is 2. The zero-order valence-corrected chi connectivity index (χ0v) is 14.7. The highest BCUT2D eigenvalue weighted by molar-refractivity contribution is 5.93. The molecular weight excluding hydrogens is 316 g/mol. The zero-order chi connectivity index (χ0) is 18.4. The fraction of sp³-hybridized carbons (Fsp3) is 0.300. The van der Waals surface area contributed by atoms with Crippen molar-refractivity contribution in [1.29, 1.82) is 0 Å². The van der Waals surface area contributed by atoms with Crippen molar-refractivity contribution in [1.82, 2.24) is 10.8 Å². The van der Waals surface area contributed by atoms with Gasteiger partial charge in [-0.25, -0.2) is 5.48 Å². The summed E-state index contributed by atoms with van der Waals surface area (Å²) in [6, 6.07) is 14.6.